The molecule has 3 heterocycles. The summed E-state index contributed by atoms with van der Waals surface area (Å²) in [5.41, 5.74) is 2.61. The van der Waals surface area contributed by atoms with Gasteiger partial charge < -0.3 is 9.80 Å². The Morgan fingerprint density at radius 3 is 2.21 bits per heavy atom. The molecule has 3 amide bonds. The number of amides is 3. The molecule has 0 radical (unpaired) electrons. The third kappa shape index (κ3) is 5.16. The van der Waals surface area contributed by atoms with Crippen LogP contribution in [0.5, 0.6) is 0 Å². The van der Waals surface area contributed by atoms with Gasteiger partial charge in [0.2, 0.25) is 0 Å². The Balaban J connectivity index is 0.00000150. The molecule has 0 aromatic heterocycles. The minimum atomic E-state index is -0.160. The summed E-state index contributed by atoms with van der Waals surface area (Å²) < 4.78 is 0. The number of benzene rings is 1. The summed E-state index contributed by atoms with van der Waals surface area (Å²) in [6.45, 7) is 8.76. The zero-order chi connectivity index (χ0) is 18.8. The van der Waals surface area contributed by atoms with Crippen molar-refractivity contribution >= 4 is 42.4 Å². The van der Waals surface area contributed by atoms with Gasteiger partial charge in [0.25, 0.3) is 5.91 Å². The molecular weight excluding hydrogens is 411 g/mol. The Bertz CT molecular complexity index is 670. The van der Waals surface area contributed by atoms with E-state index >= 15 is 0 Å². The Morgan fingerprint density at radius 2 is 1.55 bits per heavy atom. The number of rotatable bonds is 6. The van der Waals surface area contributed by atoms with Gasteiger partial charge in [-0.2, -0.15) is 0 Å². The van der Waals surface area contributed by atoms with Crippen LogP contribution >= 0.6 is 24.8 Å². The Labute approximate surface area is 186 Å². The highest BCUT2D eigenvalue weighted by Crippen LogP contribution is 2.27. The molecule has 1 unspecified atom stereocenters. The molecule has 6 nitrogen and oxygen atoms in total. The van der Waals surface area contributed by atoms with Crippen LogP contribution in [0.4, 0.5) is 10.5 Å². The van der Waals surface area contributed by atoms with E-state index in [2.05, 4.69) is 41.0 Å². The molecule has 1 aromatic carbocycles. The minimum Gasteiger partial charge on any atom is -0.369 e. The molecule has 29 heavy (non-hydrogen) atoms. The number of carbonyl (C=O) groups is 2. The zero-order valence-corrected chi connectivity index (χ0v) is 18.7. The first-order chi connectivity index (χ1) is 13.1. The maximum atomic E-state index is 12.3. The monoisotopic (exact) mass is 442 g/mol. The fourth-order valence-corrected chi connectivity index (χ4v) is 4.48. The van der Waals surface area contributed by atoms with E-state index in [1.54, 1.807) is 4.90 Å². The standard InChI is InChI=1S/C21H30N4O2.2ClH/c1-17-6-8-18(9-7-17)23-15-13-22(14-16-23)10-2-3-11-25-20(26)19-5-4-12-24(19)21(25)27;;/h6-9,19H,2-5,10-16H2,1H3;2*1H. The van der Waals surface area contributed by atoms with Crippen molar-refractivity contribution in [2.45, 2.75) is 38.6 Å². The second-order valence-electron chi connectivity index (χ2n) is 8.00. The van der Waals surface area contributed by atoms with Gasteiger partial charge in [-0.1, -0.05) is 17.7 Å². The van der Waals surface area contributed by atoms with Gasteiger partial charge >= 0.3 is 6.03 Å². The van der Waals surface area contributed by atoms with Gasteiger partial charge in [0.05, 0.1) is 0 Å². The van der Waals surface area contributed by atoms with Gasteiger partial charge in [0.15, 0.2) is 0 Å². The smallest absolute Gasteiger partial charge is 0.327 e. The molecule has 3 saturated heterocycles. The van der Waals surface area contributed by atoms with Crippen LogP contribution in [0.25, 0.3) is 0 Å². The predicted molar refractivity (Wildman–Crippen MR) is 120 cm³/mol. The molecule has 8 heteroatoms. The summed E-state index contributed by atoms with van der Waals surface area (Å²) in [6, 6.07) is 8.54. The second kappa shape index (κ2) is 10.5. The van der Waals surface area contributed by atoms with Gasteiger partial charge in [0, 0.05) is 45.0 Å². The second-order valence-corrected chi connectivity index (χ2v) is 8.00. The van der Waals surface area contributed by atoms with Crippen molar-refractivity contribution < 1.29 is 9.59 Å². The van der Waals surface area contributed by atoms with E-state index in [0.717, 1.165) is 65.0 Å². The Morgan fingerprint density at radius 1 is 0.897 bits per heavy atom. The lowest BCUT2D eigenvalue weighted by Crippen LogP contribution is -2.46. The minimum absolute atomic E-state index is 0. The molecule has 3 fully saturated rings. The molecule has 4 rings (SSSR count). The molecule has 0 N–H and O–H groups in total. The number of urea groups is 1. The highest BCUT2D eigenvalue weighted by Gasteiger charge is 2.46. The SMILES string of the molecule is Cc1ccc(N2CCN(CCCCN3C(=O)C4CCCN4C3=O)CC2)cc1.Cl.Cl. The molecular formula is C21H32Cl2N4O2. The van der Waals surface area contributed by atoms with Crippen LogP contribution in [0, 0.1) is 6.92 Å². The largest absolute Gasteiger partial charge is 0.369 e. The van der Waals surface area contributed by atoms with Crippen LogP contribution in [0.15, 0.2) is 24.3 Å². The van der Waals surface area contributed by atoms with Crippen molar-refractivity contribution in [2.75, 3.05) is 50.7 Å². The summed E-state index contributed by atoms with van der Waals surface area (Å²) in [6.07, 6.45) is 3.74. The Kier molecular flexibility index (Phi) is 8.61. The van der Waals surface area contributed by atoms with Gasteiger partial charge in [0.1, 0.15) is 6.04 Å². The number of carbonyl (C=O) groups excluding carboxylic acids is 2. The van der Waals surface area contributed by atoms with Crippen LogP contribution in [0.1, 0.15) is 31.2 Å². The quantitative estimate of drug-likeness (QED) is 0.501. The van der Waals surface area contributed by atoms with Crippen molar-refractivity contribution in [3.63, 3.8) is 0 Å². The number of aryl methyl sites for hydroxylation is 1. The number of imide groups is 1. The first kappa shape index (κ1) is 23.8. The van der Waals surface area contributed by atoms with E-state index in [-0.39, 0.29) is 42.8 Å². The van der Waals surface area contributed by atoms with E-state index in [1.165, 1.54) is 16.2 Å². The van der Waals surface area contributed by atoms with Crippen LogP contribution in [-0.4, -0.2) is 78.5 Å². The molecule has 1 atom stereocenters. The van der Waals surface area contributed by atoms with Gasteiger partial charge in [-0.05, 0) is 51.3 Å². The average Bonchev–Trinajstić information content (AvgIpc) is 3.25. The number of fused-ring (bicyclic) bond motifs is 1. The Hall–Kier alpha value is -1.50. The van der Waals surface area contributed by atoms with E-state index in [4.69, 9.17) is 0 Å². The molecule has 1 aromatic rings. The number of hydrogen-bond donors (Lipinski definition) is 0. The highest BCUT2D eigenvalue weighted by molar-refractivity contribution is 6.04. The molecule has 162 valence electrons. The van der Waals surface area contributed by atoms with Crippen LogP contribution in [0.3, 0.4) is 0 Å². The lowest BCUT2D eigenvalue weighted by Gasteiger charge is -2.36. The predicted octanol–water partition coefficient (Wildman–Crippen LogP) is 3.17. The molecule has 0 spiro atoms. The van der Waals surface area contributed by atoms with Crippen molar-refractivity contribution in [2.24, 2.45) is 0 Å². The third-order valence-corrected chi connectivity index (χ3v) is 6.16. The number of hydrogen-bond acceptors (Lipinski definition) is 4. The number of unbranched alkanes of at least 4 members (excludes halogenated alkanes) is 1. The summed E-state index contributed by atoms with van der Waals surface area (Å²) in [4.78, 5) is 32.8. The topological polar surface area (TPSA) is 47.1 Å². The third-order valence-electron chi connectivity index (χ3n) is 6.16. The number of anilines is 1. The molecule has 0 saturated carbocycles. The van der Waals surface area contributed by atoms with Gasteiger partial charge in [-0.15, -0.1) is 24.8 Å². The number of halogens is 2. The first-order valence-corrected chi connectivity index (χ1v) is 10.3. The van der Waals surface area contributed by atoms with E-state index in [0.29, 0.717) is 6.54 Å². The van der Waals surface area contributed by atoms with Crippen molar-refractivity contribution in [1.82, 2.24) is 14.7 Å². The number of nitrogens with zero attached hydrogens (tertiary/aromatic N) is 4. The van der Waals surface area contributed by atoms with Gasteiger partial charge in [-0.3, -0.25) is 14.6 Å². The summed E-state index contributed by atoms with van der Waals surface area (Å²) in [7, 11) is 0. The summed E-state index contributed by atoms with van der Waals surface area (Å²) in [5.74, 6) is 0.0317. The maximum absolute atomic E-state index is 12.3. The van der Waals surface area contributed by atoms with Crippen LogP contribution < -0.4 is 4.90 Å². The fourth-order valence-electron chi connectivity index (χ4n) is 4.48. The lowest BCUT2D eigenvalue weighted by molar-refractivity contribution is -0.128. The lowest BCUT2D eigenvalue weighted by atomic mass is 10.2. The molecule has 0 aliphatic carbocycles. The zero-order valence-electron chi connectivity index (χ0n) is 17.1. The van der Waals surface area contributed by atoms with E-state index in [1.807, 2.05) is 0 Å². The number of piperazine rings is 1. The average molecular weight is 443 g/mol. The van der Waals surface area contributed by atoms with Crippen molar-refractivity contribution in [3.05, 3.63) is 29.8 Å². The maximum Gasteiger partial charge on any atom is 0.327 e. The van der Waals surface area contributed by atoms with Crippen molar-refractivity contribution in [1.29, 1.82) is 0 Å². The van der Waals surface area contributed by atoms with E-state index in [9.17, 15) is 9.59 Å². The van der Waals surface area contributed by atoms with E-state index < -0.39 is 0 Å². The van der Waals surface area contributed by atoms with Crippen molar-refractivity contribution in [3.8, 4) is 0 Å². The van der Waals surface area contributed by atoms with Crippen LogP contribution in [-0.2, 0) is 4.79 Å². The molecule has 3 aliphatic rings. The highest BCUT2D eigenvalue weighted by atomic mass is 35.5. The molecule has 3 aliphatic heterocycles. The summed E-state index contributed by atoms with van der Waals surface area (Å²) >= 11 is 0. The van der Waals surface area contributed by atoms with Gasteiger partial charge in [-0.25, -0.2) is 4.79 Å². The fraction of sp³-hybridized carbons (Fsp3) is 0.619. The normalized spacial score (nSPS) is 21.8. The van der Waals surface area contributed by atoms with Crippen LogP contribution in [0.2, 0.25) is 0 Å². The first-order valence-electron chi connectivity index (χ1n) is 10.3. The molecule has 0 bridgehead atoms. The summed E-state index contributed by atoms with van der Waals surface area (Å²) in [5, 5.41) is 0.